The largest absolute Gasteiger partial charge is 0.506 e. The van der Waals surface area contributed by atoms with Gasteiger partial charge < -0.3 is 15.2 Å². The van der Waals surface area contributed by atoms with Gasteiger partial charge in [-0.15, -0.1) is 0 Å². The summed E-state index contributed by atoms with van der Waals surface area (Å²) in [6.45, 7) is 4.04. The molecule has 5 aliphatic rings. The lowest BCUT2D eigenvalue weighted by molar-refractivity contribution is -0.0439. The Bertz CT molecular complexity index is 1190. The van der Waals surface area contributed by atoms with E-state index in [1.165, 1.54) is 5.57 Å². The highest BCUT2D eigenvalue weighted by atomic mass is 16.5. The van der Waals surface area contributed by atoms with Gasteiger partial charge in [0.1, 0.15) is 17.0 Å². The minimum atomic E-state index is -0.474. The zero-order valence-corrected chi connectivity index (χ0v) is 18.8. The van der Waals surface area contributed by atoms with Crippen molar-refractivity contribution >= 4 is 22.5 Å². The predicted molar refractivity (Wildman–Crippen MR) is 124 cm³/mol. The predicted octanol–water partition coefficient (Wildman–Crippen LogP) is 2.28. The topological polar surface area (TPSA) is 96.7 Å². The van der Waals surface area contributed by atoms with Gasteiger partial charge in [0, 0.05) is 37.9 Å². The number of hydrogen-bond donors (Lipinski definition) is 2. The van der Waals surface area contributed by atoms with Crippen LogP contribution in [0.1, 0.15) is 54.4 Å². The molecule has 7 rings (SSSR count). The van der Waals surface area contributed by atoms with E-state index < -0.39 is 11.5 Å². The van der Waals surface area contributed by atoms with Crippen molar-refractivity contribution in [3.63, 3.8) is 0 Å². The molecule has 0 aromatic carbocycles. The van der Waals surface area contributed by atoms with Crippen molar-refractivity contribution in [2.24, 2.45) is 5.92 Å². The summed E-state index contributed by atoms with van der Waals surface area (Å²) in [6, 6.07) is 1.89. The molecular formula is C25H30N4O4. The van der Waals surface area contributed by atoms with Crippen molar-refractivity contribution in [3.05, 3.63) is 39.8 Å². The standard InChI is InChI=1S/C25H30N4O4/c30-21-19-11-18(17-3-1-2-4-17)15-26-22(19)29(6-5-28-7-9-33-10-8-28)24(32)20(21)23(31)27-25-12-16(13-25)14-25/h3,11,15-16,30H,1-2,4-10,12-14H2,(H,27,31). The van der Waals surface area contributed by atoms with E-state index in [0.29, 0.717) is 43.3 Å². The fraction of sp³-hybridized carbons (Fsp3) is 0.560. The number of nitrogens with one attached hydrogen (secondary N) is 1. The number of aromatic hydroxyl groups is 1. The highest BCUT2D eigenvalue weighted by molar-refractivity contribution is 6.02. The maximum atomic E-state index is 13.5. The highest BCUT2D eigenvalue weighted by Crippen LogP contribution is 2.57. The van der Waals surface area contributed by atoms with Gasteiger partial charge in [0.25, 0.3) is 11.5 Å². The Balaban J connectivity index is 1.41. The van der Waals surface area contributed by atoms with E-state index in [9.17, 15) is 14.7 Å². The summed E-state index contributed by atoms with van der Waals surface area (Å²) < 4.78 is 6.99. The van der Waals surface area contributed by atoms with Crippen molar-refractivity contribution in [3.8, 4) is 5.75 Å². The smallest absolute Gasteiger partial charge is 0.268 e. The van der Waals surface area contributed by atoms with E-state index in [2.05, 4.69) is 21.3 Å². The zero-order chi connectivity index (χ0) is 22.6. The molecule has 174 valence electrons. The molecule has 33 heavy (non-hydrogen) atoms. The fourth-order valence-corrected chi connectivity index (χ4v) is 5.84. The van der Waals surface area contributed by atoms with Crippen LogP contribution < -0.4 is 10.9 Å². The maximum absolute atomic E-state index is 13.5. The first-order valence-corrected chi connectivity index (χ1v) is 12.1. The first kappa shape index (κ1) is 20.9. The highest BCUT2D eigenvalue weighted by Gasteiger charge is 2.57. The molecule has 3 heterocycles. The van der Waals surface area contributed by atoms with Crippen LogP contribution >= 0.6 is 0 Å². The zero-order valence-electron chi connectivity index (χ0n) is 18.8. The van der Waals surface area contributed by atoms with Crippen molar-refractivity contribution in [1.29, 1.82) is 0 Å². The Hall–Kier alpha value is -2.71. The van der Waals surface area contributed by atoms with Crippen LogP contribution in [0.25, 0.3) is 16.6 Å². The van der Waals surface area contributed by atoms with Crippen molar-refractivity contribution in [2.45, 2.75) is 50.6 Å². The Morgan fingerprint density at radius 2 is 2.03 bits per heavy atom. The second-order valence-electron chi connectivity index (χ2n) is 10.1. The number of carbonyl (C=O) groups is 1. The van der Waals surface area contributed by atoms with E-state index in [1.807, 2.05) is 6.07 Å². The van der Waals surface area contributed by atoms with Crippen molar-refractivity contribution < 1.29 is 14.6 Å². The Morgan fingerprint density at radius 3 is 2.70 bits per heavy atom. The summed E-state index contributed by atoms with van der Waals surface area (Å²) in [6.07, 6.45) is 10.0. The molecule has 0 radical (unpaired) electrons. The van der Waals surface area contributed by atoms with E-state index in [0.717, 1.165) is 57.2 Å². The molecule has 0 unspecified atom stereocenters. The van der Waals surface area contributed by atoms with Gasteiger partial charge in [-0.2, -0.15) is 0 Å². The summed E-state index contributed by atoms with van der Waals surface area (Å²) in [5.74, 6) is -0.0232. The van der Waals surface area contributed by atoms with Crippen LogP contribution in [0.4, 0.5) is 0 Å². The quantitative estimate of drug-likeness (QED) is 0.701. The summed E-state index contributed by atoms with van der Waals surface area (Å²) >= 11 is 0. The molecule has 1 amide bonds. The molecule has 3 saturated carbocycles. The third-order valence-electron chi connectivity index (χ3n) is 7.87. The SMILES string of the molecule is O=C(NC12CC(C1)C2)c1c(O)c2cc(C3=CCCC3)cnc2n(CCN2CCOCC2)c1=O. The van der Waals surface area contributed by atoms with Crippen molar-refractivity contribution in [1.82, 2.24) is 19.8 Å². The van der Waals surface area contributed by atoms with Crippen LogP contribution in [0, 0.1) is 5.92 Å². The molecule has 4 aliphatic carbocycles. The van der Waals surface area contributed by atoms with E-state index in [1.54, 1.807) is 10.8 Å². The van der Waals surface area contributed by atoms with Gasteiger partial charge in [-0.25, -0.2) is 4.98 Å². The molecule has 1 aliphatic heterocycles. The van der Waals surface area contributed by atoms with Crippen LogP contribution in [0.5, 0.6) is 5.75 Å². The normalized spacial score (nSPS) is 26.5. The van der Waals surface area contributed by atoms with Crippen LogP contribution in [0.3, 0.4) is 0 Å². The monoisotopic (exact) mass is 450 g/mol. The molecule has 0 atom stereocenters. The number of aromatic nitrogens is 2. The number of hydrogen-bond acceptors (Lipinski definition) is 6. The molecule has 8 nitrogen and oxygen atoms in total. The summed E-state index contributed by atoms with van der Waals surface area (Å²) in [4.78, 5) is 33.6. The summed E-state index contributed by atoms with van der Waals surface area (Å²) in [7, 11) is 0. The third kappa shape index (κ3) is 3.56. The lowest BCUT2D eigenvalue weighted by Crippen LogP contribution is -2.68. The lowest BCUT2D eigenvalue weighted by Gasteiger charge is -2.61. The second kappa shape index (κ2) is 7.95. The van der Waals surface area contributed by atoms with Gasteiger partial charge in [-0.3, -0.25) is 19.1 Å². The number of allylic oxidation sites excluding steroid dienone is 2. The van der Waals surface area contributed by atoms with Gasteiger partial charge >= 0.3 is 0 Å². The Kier molecular flexibility index (Phi) is 5.03. The minimum Gasteiger partial charge on any atom is -0.506 e. The number of carbonyl (C=O) groups excluding carboxylic acids is 1. The van der Waals surface area contributed by atoms with Crippen LogP contribution in [-0.2, 0) is 11.3 Å². The molecule has 2 bridgehead atoms. The first-order valence-electron chi connectivity index (χ1n) is 12.1. The van der Waals surface area contributed by atoms with Crippen LogP contribution in [0.2, 0.25) is 0 Å². The van der Waals surface area contributed by atoms with Gasteiger partial charge in [0.05, 0.1) is 18.6 Å². The number of fused-ring (bicyclic) bond motifs is 1. The Morgan fingerprint density at radius 1 is 1.24 bits per heavy atom. The number of ether oxygens (including phenoxy) is 1. The lowest BCUT2D eigenvalue weighted by atomic mass is 9.50. The fourth-order valence-electron chi connectivity index (χ4n) is 5.84. The number of pyridine rings is 2. The number of amides is 1. The van der Waals surface area contributed by atoms with Gasteiger partial charge in [0.2, 0.25) is 0 Å². The van der Waals surface area contributed by atoms with Crippen LogP contribution in [0.15, 0.2) is 23.1 Å². The average Bonchev–Trinajstić information content (AvgIpc) is 3.31. The number of morpholine rings is 1. The van der Waals surface area contributed by atoms with Gasteiger partial charge in [0.15, 0.2) is 0 Å². The summed E-state index contributed by atoms with van der Waals surface area (Å²) in [5.41, 5.74) is 1.76. The Labute approximate surface area is 192 Å². The molecule has 0 spiro atoms. The molecule has 2 aromatic heterocycles. The number of rotatable bonds is 6. The number of nitrogens with zero attached hydrogens (tertiary/aromatic N) is 3. The molecular weight excluding hydrogens is 420 g/mol. The molecule has 4 fully saturated rings. The average molecular weight is 451 g/mol. The molecule has 2 N–H and O–H groups in total. The molecule has 2 aromatic rings. The van der Waals surface area contributed by atoms with Gasteiger partial charge in [-0.1, -0.05) is 6.08 Å². The van der Waals surface area contributed by atoms with E-state index in [4.69, 9.17) is 4.74 Å². The third-order valence-corrected chi connectivity index (χ3v) is 7.87. The molecule has 1 saturated heterocycles. The van der Waals surface area contributed by atoms with Crippen LogP contribution in [-0.4, -0.2) is 63.9 Å². The molecule has 8 heteroatoms. The summed E-state index contributed by atoms with van der Waals surface area (Å²) in [5, 5.41) is 14.7. The second-order valence-corrected chi connectivity index (χ2v) is 10.1. The maximum Gasteiger partial charge on any atom is 0.268 e. The van der Waals surface area contributed by atoms with E-state index in [-0.39, 0.29) is 16.9 Å². The first-order chi connectivity index (χ1) is 16.0. The van der Waals surface area contributed by atoms with Gasteiger partial charge in [-0.05, 0) is 61.6 Å². The van der Waals surface area contributed by atoms with Crippen molar-refractivity contribution in [2.75, 3.05) is 32.8 Å². The van der Waals surface area contributed by atoms with E-state index >= 15 is 0 Å². The minimum absolute atomic E-state index is 0.159.